The van der Waals surface area contributed by atoms with Gasteiger partial charge in [-0.1, -0.05) is 0 Å². The molecule has 3 heteroatoms. The van der Waals surface area contributed by atoms with E-state index in [0.717, 1.165) is 19.4 Å². The number of nitroso groups, excluding NO2 is 1. The lowest BCUT2D eigenvalue weighted by Crippen LogP contribution is -2.33. The monoisotopic (exact) mass is 128 g/mol. The second-order valence-electron chi connectivity index (χ2n) is 3.12. The van der Waals surface area contributed by atoms with E-state index in [0.29, 0.717) is 0 Å². The van der Waals surface area contributed by atoms with E-state index >= 15 is 0 Å². The molecular weight excluding hydrogens is 116 g/mol. The molecule has 0 aliphatic carbocycles. The predicted molar refractivity (Wildman–Crippen MR) is 35.8 cm³/mol. The van der Waals surface area contributed by atoms with Crippen LogP contribution in [0.4, 0.5) is 0 Å². The molecule has 0 aromatic rings. The molecule has 0 amide bonds. The first kappa shape index (κ1) is 6.52. The zero-order valence-electron chi connectivity index (χ0n) is 5.92. The van der Waals surface area contributed by atoms with Gasteiger partial charge in [0.05, 0.1) is 10.8 Å². The fraction of sp³-hybridized carbons (Fsp3) is 1.00. The summed E-state index contributed by atoms with van der Waals surface area (Å²) in [4.78, 5) is 10.1. The Hall–Kier alpha value is -0.600. The molecule has 9 heavy (non-hydrogen) atoms. The number of hydrogen-bond acceptors (Lipinski definition) is 2. The van der Waals surface area contributed by atoms with Crippen molar-refractivity contribution in [2.24, 2.45) is 5.29 Å². The summed E-state index contributed by atoms with van der Waals surface area (Å²) in [6.45, 7) is 4.92. The van der Waals surface area contributed by atoms with Crippen LogP contribution in [0.2, 0.25) is 0 Å². The van der Waals surface area contributed by atoms with E-state index in [-0.39, 0.29) is 5.54 Å². The summed E-state index contributed by atoms with van der Waals surface area (Å²) in [5.74, 6) is 0. The lowest BCUT2D eigenvalue weighted by molar-refractivity contribution is 0.180. The van der Waals surface area contributed by atoms with Crippen LogP contribution < -0.4 is 0 Å². The van der Waals surface area contributed by atoms with Gasteiger partial charge < -0.3 is 0 Å². The van der Waals surface area contributed by atoms with Gasteiger partial charge in [0, 0.05) is 6.54 Å². The van der Waals surface area contributed by atoms with Gasteiger partial charge in [-0.3, -0.25) is 5.01 Å². The molecule has 3 nitrogen and oxygen atoms in total. The quantitative estimate of drug-likeness (QED) is 0.502. The van der Waals surface area contributed by atoms with E-state index in [1.807, 2.05) is 13.8 Å². The Kier molecular flexibility index (Phi) is 1.43. The van der Waals surface area contributed by atoms with Gasteiger partial charge in [0.1, 0.15) is 0 Å². The summed E-state index contributed by atoms with van der Waals surface area (Å²) in [6.07, 6.45) is 2.18. The van der Waals surface area contributed by atoms with E-state index in [2.05, 4.69) is 5.29 Å². The fourth-order valence-corrected chi connectivity index (χ4v) is 1.24. The first-order chi connectivity index (χ1) is 4.17. The highest BCUT2D eigenvalue weighted by atomic mass is 16.3. The van der Waals surface area contributed by atoms with Gasteiger partial charge in [-0.2, -0.15) is 0 Å². The third-order valence-corrected chi connectivity index (χ3v) is 1.96. The molecule has 52 valence electrons. The van der Waals surface area contributed by atoms with E-state index in [9.17, 15) is 4.91 Å². The molecule has 0 atom stereocenters. The Bertz CT molecular complexity index is 122. The Labute approximate surface area is 55.0 Å². The molecule has 0 saturated carbocycles. The molecule has 1 heterocycles. The number of rotatable bonds is 1. The molecule has 0 radical (unpaired) electrons. The van der Waals surface area contributed by atoms with Crippen LogP contribution in [0.5, 0.6) is 0 Å². The molecule has 1 aliphatic rings. The van der Waals surface area contributed by atoms with Crippen molar-refractivity contribution in [3.63, 3.8) is 0 Å². The van der Waals surface area contributed by atoms with Crippen LogP contribution in [-0.4, -0.2) is 17.1 Å². The number of hydrogen-bond donors (Lipinski definition) is 0. The highest BCUT2D eigenvalue weighted by molar-refractivity contribution is 4.84. The minimum Gasteiger partial charge on any atom is -0.255 e. The summed E-state index contributed by atoms with van der Waals surface area (Å²) in [7, 11) is 0. The minimum absolute atomic E-state index is 0.0156. The van der Waals surface area contributed by atoms with Crippen LogP contribution in [0, 0.1) is 4.91 Å². The molecule has 0 unspecified atom stereocenters. The third-order valence-electron chi connectivity index (χ3n) is 1.96. The smallest absolute Gasteiger partial charge is 0.0555 e. The van der Waals surface area contributed by atoms with Gasteiger partial charge in [-0.15, -0.1) is 4.91 Å². The first-order valence-electron chi connectivity index (χ1n) is 3.28. The first-order valence-corrected chi connectivity index (χ1v) is 3.28. The van der Waals surface area contributed by atoms with Gasteiger partial charge in [0.2, 0.25) is 0 Å². The summed E-state index contributed by atoms with van der Waals surface area (Å²) in [6, 6.07) is 0. The Balaban J connectivity index is 2.62. The van der Waals surface area contributed by atoms with Crippen LogP contribution in [0.25, 0.3) is 0 Å². The van der Waals surface area contributed by atoms with Gasteiger partial charge >= 0.3 is 0 Å². The second-order valence-corrected chi connectivity index (χ2v) is 3.12. The van der Waals surface area contributed by atoms with Crippen LogP contribution in [0.3, 0.4) is 0 Å². The van der Waals surface area contributed by atoms with Crippen molar-refractivity contribution < 1.29 is 0 Å². The Morgan fingerprint density at radius 3 is 2.44 bits per heavy atom. The van der Waals surface area contributed by atoms with Crippen molar-refractivity contribution in [3.8, 4) is 0 Å². The van der Waals surface area contributed by atoms with E-state index < -0.39 is 0 Å². The molecular formula is C6H12N2O. The maximum Gasteiger partial charge on any atom is 0.0555 e. The van der Waals surface area contributed by atoms with Gasteiger partial charge in [0.25, 0.3) is 0 Å². The highest BCUT2D eigenvalue weighted by Crippen LogP contribution is 2.27. The highest BCUT2D eigenvalue weighted by Gasteiger charge is 2.31. The molecule has 1 saturated heterocycles. The standard InChI is InChI=1S/C6H12N2O/c1-6(2)4-3-5-8(6)7-9/h3-5H2,1-2H3. The van der Waals surface area contributed by atoms with Crippen molar-refractivity contribution in [1.82, 2.24) is 5.01 Å². The van der Waals surface area contributed by atoms with Crippen molar-refractivity contribution in [2.45, 2.75) is 32.2 Å². The van der Waals surface area contributed by atoms with Crippen LogP contribution in [0.15, 0.2) is 5.29 Å². The molecule has 0 aromatic heterocycles. The topological polar surface area (TPSA) is 32.7 Å². The van der Waals surface area contributed by atoms with Crippen molar-refractivity contribution in [1.29, 1.82) is 0 Å². The van der Waals surface area contributed by atoms with E-state index in [1.165, 1.54) is 0 Å². The van der Waals surface area contributed by atoms with Crippen LogP contribution in [0.1, 0.15) is 26.7 Å². The van der Waals surface area contributed by atoms with E-state index in [1.54, 1.807) is 5.01 Å². The number of nitrogens with zero attached hydrogens (tertiary/aromatic N) is 2. The largest absolute Gasteiger partial charge is 0.255 e. The lowest BCUT2D eigenvalue weighted by atomic mass is 10.0. The summed E-state index contributed by atoms with van der Waals surface area (Å²) in [5.41, 5.74) is 0.0156. The predicted octanol–water partition coefficient (Wildman–Crippen LogP) is 1.54. The lowest BCUT2D eigenvalue weighted by Gasteiger charge is -2.24. The Morgan fingerprint density at radius 2 is 2.22 bits per heavy atom. The third kappa shape index (κ3) is 1.04. The summed E-state index contributed by atoms with van der Waals surface area (Å²) < 4.78 is 0. The zero-order valence-corrected chi connectivity index (χ0v) is 5.92. The molecule has 0 aromatic carbocycles. The molecule has 0 spiro atoms. The molecule has 1 rings (SSSR count). The van der Waals surface area contributed by atoms with Crippen LogP contribution in [-0.2, 0) is 0 Å². The normalized spacial score (nSPS) is 24.4. The maximum atomic E-state index is 10.1. The SMILES string of the molecule is CC1(C)CCCN1N=O. The molecule has 0 bridgehead atoms. The fourth-order valence-electron chi connectivity index (χ4n) is 1.24. The average Bonchev–Trinajstić information content (AvgIpc) is 2.08. The van der Waals surface area contributed by atoms with Crippen molar-refractivity contribution >= 4 is 0 Å². The Morgan fingerprint density at radius 1 is 1.56 bits per heavy atom. The van der Waals surface area contributed by atoms with Gasteiger partial charge in [0.15, 0.2) is 0 Å². The van der Waals surface area contributed by atoms with Crippen molar-refractivity contribution in [2.75, 3.05) is 6.54 Å². The zero-order chi connectivity index (χ0) is 6.91. The summed E-state index contributed by atoms with van der Waals surface area (Å²) >= 11 is 0. The average molecular weight is 128 g/mol. The summed E-state index contributed by atoms with van der Waals surface area (Å²) in [5, 5.41) is 4.54. The molecule has 1 aliphatic heterocycles. The van der Waals surface area contributed by atoms with Gasteiger partial charge in [-0.25, -0.2) is 0 Å². The second kappa shape index (κ2) is 1.97. The molecule has 0 N–H and O–H groups in total. The van der Waals surface area contributed by atoms with Gasteiger partial charge in [-0.05, 0) is 26.7 Å². The van der Waals surface area contributed by atoms with Crippen LogP contribution >= 0.6 is 0 Å². The maximum absolute atomic E-state index is 10.1. The van der Waals surface area contributed by atoms with E-state index in [4.69, 9.17) is 0 Å². The molecule has 1 fully saturated rings. The van der Waals surface area contributed by atoms with Crippen molar-refractivity contribution in [3.05, 3.63) is 4.91 Å². The minimum atomic E-state index is 0.0156.